The van der Waals surface area contributed by atoms with Crippen LogP contribution in [0.3, 0.4) is 0 Å². The van der Waals surface area contributed by atoms with Crippen LogP contribution in [-0.2, 0) is 11.3 Å². The number of hydrogen-bond donors (Lipinski definition) is 1. The Hall–Kier alpha value is -1.45. The van der Waals surface area contributed by atoms with Crippen molar-refractivity contribution in [2.75, 3.05) is 0 Å². The van der Waals surface area contributed by atoms with Gasteiger partial charge in [0.05, 0.1) is 18.4 Å². The highest BCUT2D eigenvalue weighted by Crippen LogP contribution is 2.23. The van der Waals surface area contributed by atoms with Gasteiger partial charge < -0.3 is 5.32 Å². The third kappa shape index (κ3) is 3.02. The first-order valence-electron chi connectivity index (χ1n) is 5.89. The van der Waals surface area contributed by atoms with E-state index in [2.05, 4.69) is 15.3 Å². The van der Waals surface area contributed by atoms with Crippen molar-refractivity contribution in [1.29, 1.82) is 0 Å². The maximum atomic E-state index is 11.8. The van der Waals surface area contributed by atoms with Crippen LogP contribution in [0.15, 0.2) is 18.6 Å². The number of nitrogens with one attached hydrogen (secondary N) is 1. The van der Waals surface area contributed by atoms with Gasteiger partial charge in [0, 0.05) is 18.3 Å². The molecule has 0 radical (unpaired) electrons. The van der Waals surface area contributed by atoms with Crippen molar-refractivity contribution in [3.05, 3.63) is 24.3 Å². The number of carbonyl (C=O) groups excluding carboxylic acids is 1. The Morgan fingerprint density at radius 3 is 2.81 bits per heavy atom. The highest BCUT2D eigenvalue weighted by Gasteiger charge is 2.20. The van der Waals surface area contributed by atoms with Crippen LogP contribution < -0.4 is 5.32 Å². The monoisotopic (exact) mass is 219 g/mol. The molecule has 1 heterocycles. The fourth-order valence-corrected chi connectivity index (χ4v) is 2.11. The van der Waals surface area contributed by atoms with Crippen molar-refractivity contribution < 1.29 is 4.79 Å². The number of aromatic nitrogens is 2. The Labute approximate surface area is 95.5 Å². The molecule has 1 aliphatic rings. The van der Waals surface area contributed by atoms with Gasteiger partial charge in [-0.1, -0.05) is 19.3 Å². The topological polar surface area (TPSA) is 54.9 Å². The van der Waals surface area contributed by atoms with Crippen molar-refractivity contribution in [3.63, 3.8) is 0 Å². The second kappa shape index (κ2) is 5.58. The van der Waals surface area contributed by atoms with Crippen LogP contribution in [0.1, 0.15) is 37.8 Å². The number of carbonyl (C=O) groups is 1. The number of hydrogen-bond acceptors (Lipinski definition) is 3. The van der Waals surface area contributed by atoms with Gasteiger partial charge in [0.1, 0.15) is 0 Å². The maximum absolute atomic E-state index is 11.8. The predicted octanol–water partition coefficient (Wildman–Crippen LogP) is 1.67. The number of rotatable bonds is 3. The van der Waals surface area contributed by atoms with Crippen molar-refractivity contribution in [1.82, 2.24) is 15.3 Å². The second-order valence-electron chi connectivity index (χ2n) is 4.25. The zero-order chi connectivity index (χ0) is 11.2. The average molecular weight is 219 g/mol. The van der Waals surface area contributed by atoms with Crippen LogP contribution in [0.5, 0.6) is 0 Å². The molecular weight excluding hydrogens is 202 g/mol. The fraction of sp³-hybridized carbons (Fsp3) is 0.583. The Bertz CT molecular complexity index is 333. The largest absolute Gasteiger partial charge is 0.350 e. The zero-order valence-corrected chi connectivity index (χ0v) is 9.35. The fourth-order valence-electron chi connectivity index (χ4n) is 2.11. The third-order valence-corrected chi connectivity index (χ3v) is 3.04. The summed E-state index contributed by atoms with van der Waals surface area (Å²) in [5, 5.41) is 2.93. The highest BCUT2D eigenvalue weighted by molar-refractivity contribution is 5.78. The molecule has 4 heteroatoms. The molecule has 0 aromatic carbocycles. The lowest BCUT2D eigenvalue weighted by atomic mass is 9.89. The van der Waals surface area contributed by atoms with Gasteiger partial charge in [-0.25, -0.2) is 0 Å². The molecule has 0 saturated heterocycles. The van der Waals surface area contributed by atoms with Gasteiger partial charge in [-0.05, 0) is 12.8 Å². The van der Waals surface area contributed by atoms with Gasteiger partial charge >= 0.3 is 0 Å². The van der Waals surface area contributed by atoms with E-state index in [0.29, 0.717) is 6.54 Å². The molecule has 1 aliphatic carbocycles. The van der Waals surface area contributed by atoms with Gasteiger partial charge in [-0.15, -0.1) is 0 Å². The molecule has 2 rings (SSSR count). The van der Waals surface area contributed by atoms with Crippen LogP contribution in [0, 0.1) is 5.92 Å². The van der Waals surface area contributed by atoms with E-state index in [9.17, 15) is 4.79 Å². The summed E-state index contributed by atoms with van der Waals surface area (Å²) < 4.78 is 0. The molecule has 0 aliphatic heterocycles. The summed E-state index contributed by atoms with van der Waals surface area (Å²) in [6.45, 7) is 0.489. The minimum Gasteiger partial charge on any atom is -0.350 e. The van der Waals surface area contributed by atoms with E-state index >= 15 is 0 Å². The SMILES string of the molecule is O=C(NCc1cnccn1)C1CCCCC1. The summed E-state index contributed by atoms with van der Waals surface area (Å²) in [4.78, 5) is 19.9. The van der Waals surface area contributed by atoms with Crippen LogP contribution in [0.25, 0.3) is 0 Å². The zero-order valence-electron chi connectivity index (χ0n) is 9.35. The first-order chi connectivity index (χ1) is 7.86. The standard InChI is InChI=1S/C12H17N3O/c16-12(10-4-2-1-3-5-10)15-9-11-8-13-6-7-14-11/h6-8,10H,1-5,9H2,(H,15,16). The van der Waals surface area contributed by atoms with Crippen molar-refractivity contribution in [3.8, 4) is 0 Å². The summed E-state index contributed by atoms with van der Waals surface area (Å²) in [6.07, 6.45) is 10.7. The quantitative estimate of drug-likeness (QED) is 0.841. The van der Waals surface area contributed by atoms with Crippen LogP contribution in [0.2, 0.25) is 0 Å². The molecule has 1 saturated carbocycles. The van der Waals surface area contributed by atoms with Gasteiger partial charge in [0.2, 0.25) is 5.91 Å². The summed E-state index contributed by atoms with van der Waals surface area (Å²) in [6, 6.07) is 0. The lowest BCUT2D eigenvalue weighted by Crippen LogP contribution is -2.31. The molecule has 1 aromatic rings. The third-order valence-electron chi connectivity index (χ3n) is 3.04. The predicted molar refractivity (Wildman–Crippen MR) is 60.5 cm³/mol. The van der Waals surface area contributed by atoms with E-state index in [1.54, 1.807) is 18.6 Å². The minimum atomic E-state index is 0.172. The van der Waals surface area contributed by atoms with Gasteiger partial charge in [-0.3, -0.25) is 14.8 Å². The Balaban J connectivity index is 1.79. The highest BCUT2D eigenvalue weighted by atomic mass is 16.1. The van der Waals surface area contributed by atoms with Crippen molar-refractivity contribution in [2.45, 2.75) is 38.6 Å². The van der Waals surface area contributed by atoms with Gasteiger partial charge in [0.15, 0.2) is 0 Å². The maximum Gasteiger partial charge on any atom is 0.223 e. The van der Waals surface area contributed by atoms with Gasteiger partial charge in [-0.2, -0.15) is 0 Å². The smallest absolute Gasteiger partial charge is 0.223 e. The van der Waals surface area contributed by atoms with E-state index < -0.39 is 0 Å². The van der Waals surface area contributed by atoms with Crippen LogP contribution in [-0.4, -0.2) is 15.9 Å². The molecule has 4 nitrogen and oxygen atoms in total. The van der Waals surface area contributed by atoms with E-state index in [-0.39, 0.29) is 11.8 Å². The molecule has 0 unspecified atom stereocenters. The lowest BCUT2D eigenvalue weighted by Gasteiger charge is -2.20. The molecule has 0 atom stereocenters. The number of nitrogens with zero attached hydrogens (tertiary/aromatic N) is 2. The lowest BCUT2D eigenvalue weighted by molar-refractivity contribution is -0.126. The van der Waals surface area contributed by atoms with E-state index in [1.807, 2.05) is 0 Å². The molecular formula is C12H17N3O. The van der Waals surface area contributed by atoms with Crippen LogP contribution in [0.4, 0.5) is 0 Å². The first kappa shape index (κ1) is 11.0. The average Bonchev–Trinajstić information content (AvgIpc) is 2.38. The van der Waals surface area contributed by atoms with Gasteiger partial charge in [0.25, 0.3) is 0 Å². The molecule has 1 aromatic heterocycles. The molecule has 0 spiro atoms. The molecule has 1 N–H and O–H groups in total. The number of amides is 1. The molecule has 0 bridgehead atoms. The molecule has 86 valence electrons. The van der Waals surface area contributed by atoms with Crippen molar-refractivity contribution in [2.24, 2.45) is 5.92 Å². The minimum absolute atomic E-state index is 0.172. The molecule has 1 amide bonds. The second-order valence-corrected chi connectivity index (χ2v) is 4.25. The Kier molecular flexibility index (Phi) is 3.86. The Morgan fingerprint density at radius 2 is 2.12 bits per heavy atom. The van der Waals surface area contributed by atoms with Crippen molar-refractivity contribution >= 4 is 5.91 Å². The summed E-state index contributed by atoms with van der Waals surface area (Å²) >= 11 is 0. The molecule has 16 heavy (non-hydrogen) atoms. The van der Waals surface area contributed by atoms with Crippen LogP contribution >= 0.6 is 0 Å². The first-order valence-corrected chi connectivity index (χ1v) is 5.89. The van der Waals surface area contributed by atoms with E-state index in [1.165, 1.54) is 19.3 Å². The summed E-state index contributed by atoms with van der Waals surface area (Å²) in [5.41, 5.74) is 0.812. The van der Waals surface area contributed by atoms with E-state index in [0.717, 1.165) is 18.5 Å². The summed E-state index contributed by atoms with van der Waals surface area (Å²) in [7, 11) is 0. The normalized spacial score (nSPS) is 17.0. The summed E-state index contributed by atoms with van der Waals surface area (Å²) in [5.74, 6) is 0.385. The van der Waals surface area contributed by atoms with E-state index in [4.69, 9.17) is 0 Å². The molecule has 1 fully saturated rings. The Morgan fingerprint density at radius 1 is 1.31 bits per heavy atom.